The quantitative estimate of drug-likeness (QED) is 0.824. The maximum absolute atomic E-state index is 5.20. The van der Waals surface area contributed by atoms with Gasteiger partial charge in [0.1, 0.15) is 11.6 Å². The van der Waals surface area contributed by atoms with Crippen molar-refractivity contribution in [3.63, 3.8) is 0 Å². The number of anilines is 2. The summed E-state index contributed by atoms with van der Waals surface area (Å²) in [6.07, 6.45) is 0.922. The fourth-order valence-electron chi connectivity index (χ4n) is 3.20. The number of hydrogen-bond acceptors (Lipinski definition) is 6. The van der Waals surface area contributed by atoms with Crippen LogP contribution in [0.5, 0.6) is 5.75 Å². The highest BCUT2D eigenvalue weighted by Gasteiger charge is 2.17. The Morgan fingerprint density at radius 1 is 1.08 bits per heavy atom. The fourth-order valence-corrected chi connectivity index (χ4v) is 3.20. The van der Waals surface area contributed by atoms with Crippen molar-refractivity contribution >= 4 is 11.8 Å². The molecule has 1 aromatic carbocycles. The number of hydrogen-bond donors (Lipinski definition) is 1. The molecule has 1 N–H and O–H groups in total. The van der Waals surface area contributed by atoms with Crippen LogP contribution in [0.4, 0.5) is 11.8 Å². The molecule has 0 atom stereocenters. The van der Waals surface area contributed by atoms with Gasteiger partial charge in [0.05, 0.1) is 7.11 Å². The third-order valence-corrected chi connectivity index (χ3v) is 4.84. The summed E-state index contributed by atoms with van der Waals surface area (Å²) in [7, 11) is 1.69. The Kier molecular flexibility index (Phi) is 6.28. The lowest BCUT2D eigenvalue weighted by Crippen LogP contribution is -2.46. The van der Waals surface area contributed by atoms with E-state index in [9.17, 15) is 0 Å². The maximum Gasteiger partial charge on any atom is 0.224 e. The van der Waals surface area contributed by atoms with Crippen LogP contribution in [0.25, 0.3) is 0 Å². The first-order valence-electron chi connectivity index (χ1n) is 9.37. The fraction of sp³-hybridized carbons (Fsp3) is 0.500. The molecule has 0 radical (unpaired) electrons. The second-order valence-electron chi connectivity index (χ2n) is 6.64. The zero-order chi connectivity index (χ0) is 18.4. The van der Waals surface area contributed by atoms with Crippen molar-refractivity contribution in [2.75, 3.05) is 56.6 Å². The van der Waals surface area contributed by atoms with E-state index in [-0.39, 0.29) is 0 Å². The zero-order valence-electron chi connectivity index (χ0n) is 16.0. The van der Waals surface area contributed by atoms with Crippen LogP contribution in [0, 0.1) is 6.92 Å². The molecule has 0 unspecified atom stereocenters. The van der Waals surface area contributed by atoms with Gasteiger partial charge in [0, 0.05) is 44.5 Å². The minimum atomic E-state index is 0.714. The summed E-state index contributed by atoms with van der Waals surface area (Å²) in [6, 6.07) is 10.3. The molecule has 1 saturated heterocycles. The number of rotatable bonds is 7. The van der Waals surface area contributed by atoms with Gasteiger partial charge in [-0.15, -0.1) is 0 Å². The predicted molar refractivity (Wildman–Crippen MR) is 106 cm³/mol. The molecule has 1 aromatic heterocycles. The molecule has 0 amide bonds. The van der Waals surface area contributed by atoms with Gasteiger partial charge in [-0.2, -0.15) is 4.98 Å². The number of methoxy groups -OCH3 is 1. The average molecular weight is 355 g/mol. The average Bonchev–Trinajstić information content (AvgIpc) is 2.68. The monoisotopic (exact) mass is 355 g/mol. The van der Waals surface area contributed by atoms with Gasteiger partial charge in [0.15, 0.2) is 0 Å². The normalized spacial score (nSPS) is 15.1. The molecule has 140 valence electrons. The Morgan fingerprint density at radius 2 is 1.81 bits per heavy atom. The molecule has 6 heteroatoms. The molecular formula is C20H29N5O. The van der Waals surface area contributed by atoms with Gasteiger partial charge in [0.2, 0.25) is 5.95 Å². The van der Waals surface area contributed by atoms with E-state index in [1.54, 1.807) is 7.11 Å². The summed E-state index contributed by atoms with van der Waals surface area (Å²) in [5.41, 5.74) is 2.27. The van der Waals surface area contributed by atoms with Crippen LogP contribution < -0.4 is 15.0 Å². The molecule has 1 aliphatic rings. The van der Waals surface area contributed by atoms with Crippen LogP contribution in [0.1, 0.15) is 18.2 Å². The lowest BCUT2D eigenvalue weighted by atomic mass is 10.1. The first-order chi connectivity index (χ1) is 12.7. The first-order valence-corrected chi connectivity index (χ1v) is 9.37. The van der Waals surface area contributed by atoms with E-state index in [1.807, 2.05) is 19.1 Å². The molecule has 1 aliphatic heterocycles. The number of ether oxygens (including phenoxy) is 1. The number of nitrogens with one attached hydrogen (secondary N) is 1. The van der Waals surface area contributed by atoms with Crippen molar-refractivity contribution in [2.24, 2.45) is 0 Å². The molecule has 0 saturated carbocycles. The van der Waals surface area contributed by atoms with Gasteiger partial charge in [-0.3, -0.25) is 0 Å². The van der Waals surface area contributed by atoms with E-state index in [1.165, 1.54) is 5.56 Å². The standard InChI is InChI=1S/C20H29N5O/c1-4-24-11-13-25(14-12-24)19-15-16(2)22-20(23-19)21-10-9-17-5-7-18(26-3)8-6-17/h5-8,15H,4,9-14H2,1-3H3,(H,21,22,23). The highest BCUT2D eigenvalue weighted by molar-refractivity contribution is 5.45. The molecule has 0 aliphatic carbocycles. The molecule has 3 rings (SSSR count). The van der Waals surface area contributed by atoms with Crippen molar-refractivity contribution < 1.29 is 4.74 Å². The van der Waals surface area contributed by atoms with E-state index < -0.39 is 0 Å². The Bertz CT molecular complexity index is 696. The molecule has 0 spiro atoms. The number of benzene rings is 1. The second kappa shape index (κ2) is 8.85. The van der Waals surface area contributed by atoms with Crippen molar-refractivity contribution in [3.05, 3.63) is 41.6 Å². The predicted octanol–water partition coefficient (Wildman–Crippen LogP) is 2.59. The number of nitrogens with zero attached hydrogens (tertiary/aromatic N) is 4. The second-order valence-corrected chi connectivity index (χ2v) is 6.64. The van der Waals surface area contributed by atoms with Crippen LogP contribution in [-0.4, -0.2) is 61.2 Å². The van der Waals surface area contributed by atoms with E-state index in [0.29, 0.717) is 5.95 Å². The van der Waals surface area contributed by atoms with Crippen LogP contribution in [0.3, 0.4) is 0 Å². The number of likely N-dealkylation sites (N-methyl/N-ethyl adjacent to an activating group) is 1. The molecule has 1 fully saturated rings. The van der Waals surface area contributed by atoms with E-state index in [0.717, 1.165) is 63.0 Å². The summed E-state index contributed by atoms with van der Waals surface area (Å²) >= 11 is 0. The third kappa shape index (κ3) is 4.85. The summed E-state index contributed by atoms with van der Waals surface area (Å²) < 4.78 is 5.20. The lowest BCUT2D eigenvalue weighted by molar-refractivity contribution is 0.270. The van der Waals surface area contributed by atoms with Crippen molar-refractivity contribution in [2.45, 2.75) is 20.3 Å². The molecule has 26 heavy (non-hydrogen) atoms. The van der Waals surface area contributed by atoms with Gasteiger partial charge in [-0.25, -0.2) is 4.98 Å². The van der Waals surface area contributed by atoms with Crippen molar-refractivity contribution in [1.82, 2.24) is 14.9 Å². The molecular weight excluding hydrogens is 326 g/mol. The zero-order valence-corrected chi connectivity index (χ0v) is 16.0. The highest BCUT2D eigenvalue weighted by atomic mass is 16.5. The summed E-state index contributed by atoms with van der Waals surface area (Å²) in [4.78, 5) is 14.1. The van der Waals surface area contributed by atoms with Crippen molar-refractivity contribution in [3.8, 4) is 5.75 Å². The largest absolute Gasteiger partial charge is 0.497 e. The summed E-state index contributed by atoms with van der Waals surface area (Å²) in [5, 5.41) is 3.37. The smallest absolute Gasteiger partial charge is 0.224 e. The van der Waals surface area contributed by atoms with Gasteiger partial charge in [-0.05, 0) is 37.6 Å². The highest BCUT2D eigenvalue weighted by Crippen LogP contribution is 2.17. The molecule has 2 aromatic rings. The minimum absolute atomic E-state index is 0.714. The van der Waals surface area contributed by atoms with Crippen LogP contribution in [-0.2, 0) is 6.42 Å². The Balaban J connectivity index is 1.57. The van der Waals surface area contributed by atoms with Crippen LogP contribution in [0.2, 0.25) is 0 Å². The Labute approximate surface area is 156 Å². The van der Waals surface area contributed by atoms with E-state index >= 15 is 0 Å². The van der Waals surface area contributed by atoms with E-state index in [4.69, 9.17) is 9.72 Å². The van der Waals surface area contributed by atoms with E-state index in [2.05, 4.69) is 45.2 Å². The van der Waals surface area contributed by atoms with Crippen molar-refractivity contribution in [1.29, 1.82) is 0 Å². The van der Waals surface area contributed by atoms with Gasteiger partial charge >= 0.3 is 0 Å². The lowest BCUT2D eigenvalue weighted by Gasteiger charge is -2.34. The number of aromatic nitrogens is 2. The SMILES string of the molecule is CCN1CCN(c2cc(C)nc(NCCc3ccc(OC)cc3)n2)CC1. The van der Waals surface area contributed by atoms with Gasteiger partial charge < -0.3 is 19.9 Å². The molecule has 6 nitrogen and oxygen atoms in total. The maximum atomic E-state index is 5.20. The minimum Gasteiger partial charge on any atom is -0.497 e. The summed E-state index contributed by atoms with van der Waals surface area (Å²) in [6.45, 7) is 10.4. The topological polar surface area (TPSA) is 53.5 Å². The summed E-state index contributed by atoms with van der Waals surface area (Å²) in [5.74, 6) is 2.63. The number of aryl methyl sites for hydroxylation is 1. The van der Waals surface area contributed by atoms with Crippen LogP contribution >= 0.6 is 0 Å². The molecule has 2 heterocycles. The van der Waals surface area contributed by atoms with Gasteiger partial charge in [-0.1, -0.05) is 19.1 Å². The van der Waals surface area contributed by atoms with Gasteiger partial charge in [0.25, 0.3) is 0 Å². The third-order valence-electron chi connectivity index (χ3n) is 4.84. The first kappa shape index (κ1) is 18.5. The Hall–Kier alpha value is -2.34. The number of piperazine rings is 1. The molecule has 0 bridgehead atoms. The van der Waals surface area contributed by atoms with Crippen LogP contribution in [0.15, 0.2) is 30.3 Å². The Morgan fingerprint density at radius 3 is 2.46 bits per heavy atom.